The molecule has 0 saturated carbocycles. The molecule has 0 aliphatic rings. The van der Waals surface area contributed by atoms with Gasteiger partial charge >= 0.3 is 0 Å². The van der Waals surface area contributed by atoms with E-state index in [4.69, 9.17) is 4.18 Å². The Bertz CT molecular complexity index is 208. The molecule has 1 nitrogen and oxygen atoms in total. The minimum absolute atomic E-state index is 0.957. The van der Waals surface area contributed by atoms with Gasteiger partial charge in [0, 0.05) is 5.75 Å². The fraction of sp³-hybridized carbons (Fsp3) is 1.00. The zero-order chi connectivity index (χ0) is 19.0. The van der Waals surface area contributed by atoms with Crippen LogP contribution >= 0.6 is 12.0 Å². The molecule has 0 N–H and O–H groups in total. The highest BCUT2D eigenvalue weighted by molar-refractivity contribution is 7.94. The van der Waals surface area contributed by atoms with E-state index >= 15 is 0 Å². The molecular weight excluding hydrogens is 336 g/mol. The predicted molar refractivity (Wildman–Crippen MR) is 122 cm³/mol. The Kier molecular flexibility index (Phi) is 25.6. The first-order valence-electron chi connectivity index (χ1n) is 12.2. The van der Waals surface area contributed by atoms with Crippen molar-refractivity contribution in [1.29, 1.82) is 0 Å². The van der Waals surface area contributed by atoms with Crippen LogP contribution in [-0.2, 0) is 4.18 Å². The van der Waals surface area contributed by atoms with Gasteiger partial charge in [0.05, 0.1) is 6.61 Å². The summed E-state index contributed by atoms with van der Waals surface area (Å²) in [6.07, 6.45) is 28.2. The van der Waals surface area contributed by atoms with Crippen LogP contribution in [0.3, 0.4) is 0 Å². The van der Waals surface area contributed by atoms with Crippen molar-refractivity contribution in [3.05, 3.63) is 0 Å². The van der Waals surface area contributed by atoms with Gasteiger partial charge in [0.1, 0.15) is 0 Å². The van der Waals surface area contributed by atoms with Crippen LogP contribution in [0.15, 0.2) is 0 Å². The van der Waals surface area contributed by atoms with E-state index in [0.29, 0.717) is 0 Å². The predicted octanol–water partition coefficient (Wildman–Crippen LogP) is 9.49. The molecule has 0 heterocycles. The molecule has 0 spiro atoms. The van der Waals surface area contributed by atoms with Crippen molar-refractivity contribution in [2.75, 3.05) is 12.4 Å². The lowest BCUT2D eigenvalue weighted by molar-refractivity contribution is 0.354. The fourth-order valence-corrected chi connectivity index (χ4v) is 4.09. The van der Waals surface area contributed by atoms with Gasteiger partial charge in [-0.05, 0) is 24.9 Å². The van der Waals surface area contributed by atoms with E-state index in [1.165, 1.54) is 134 Å². The van der Waals surface area contributed by atoms with E-state index < -0.39 is 0 Å². The fourth-order valence-electron chi connectivity index (χ4n) is 3.41. The standard InChI is InChI=1S/C24H50OS/c1-3-5-7-9-11-13-15-17-19-21-23-25-26-24-22-20-18-16-14-12-10-8-6-4-2/h3-24H2,1-2H3. The average molecular weight is 387 g/mol. The lowest BCUT2D eigenvalue weighted by Gasteiger charge is -2.04. The molecule has 158 valence electrons. The van der Waals surface area contributed by atoms with Crippen molar-refractivity contribution >= 4 is 12.0 Å². The summed E-state index contributed by atoms with van der Waals surface area (Å²) in [6, 6.07) is 0. The Morgan fingerprint density at radius 2 is 0.769 bits per heavy atom. The van der Waals surface area contributed by atoms with E-state index in [1.54, 1.807) is 12.0 Å². The first-order chi connectivity index (χ1) is 12.9. The zero-order valence-corrected chi connectivity index (χ0v) is 19.2. The van der Waals surface area contributed by atoms with Gasteiger partial charge < -0.3 is 4.18 Å². The van der Waals surface area contributed by atoms with Crippen molar-refractivity contribution in [2.45, 2.75) is 142 Å². The molecule has 0 atom stereocenters. The molecule has 0 aliphatic carbocycles. The van der Waals surface area contributed by atoms with Crippen molar-refractivity contribution in [3.63, 3.8) is 0 Å². The summed E-state index contributed by atoms with van der Waals surface area (Å²) in [5.74, 6) is 1.19. The van der Waals surface area contributed by atoms with Crippen LogP contribution < -0.4 is 0 Å². The Morgan fingerprint density at radius 1 is 0.423 bits per heavy atom. The van der Waals surface area contributed by atoms with E-state index in [1.807, 2.05) is 0 Å². The molecule has 0 fully saturated rings. The van der Waals surface area contributed by atoms with Gasteiger partial charge in [0.2, 0.25) is 0 Å². The second-order valence-corrected chi connectivity index (χ2v) is 8.89. The summed E-state index contributed by atoms with van der Waals surface area (Å²) in [5, 5.41) is 0. The lowest BCUT2D eigenvalue weighted by atomic mass is 10.1. The molecule has 0 amide bonds. The van der Waals surface area contributed by atoms with Crippen LogP contribution in [0.1, 0.15) is 142 Å². The monoisotopic (exact) mass is 386 g/mol. The quantitative estimate of drug-likeness (QED) is 0.128. The van der Waals surface area contributed by atoms with E-state index in [2.05, 4.69) is 13.8 Å². The van der Waals surface area contributed by atoms with Crippen molar-refractivity contribution in [1.82, 2.24) is 0 Å². The van der Waals surface area contributed by atoms with Gasteiger partial charge in [-0.3, -0.25) is 0 Å². The van der Waals surface area contributed by atoms with Crippen LogP contribution in [0.25, 0.3) is 0 Å². The molecule has 2 heteroatoms. The lowest BCUT2D eigenvalue weighted by Crippen LogP contribution is -1.90. The maximum atomic E-state index is 5.70. The second-order valence-electron chi connectivity index (χ2n) is 8.01. The van der Waals surface area contributed by atoms with Crippen LogP contribution in [0.4, 0.5) is 0 Å². The molecule has 0 aromatic heterocycles. The molecule has 0 aromatic carbocycles. The highest BCUT2D eigenvalue weighted by Gasteiger charge is 1.96. The summed E-state index contributed by atoms with van der Waals surface area (Å²) >= 11 is 1.71. The van der Waals surface area contributed by atoms with Gasteiger partial charge in [0.25, 0.3) is 0 Å². The van der Waals surface area contributed by atoms with E-state index in [-0.39, 0.29) is 0 Å². The maximum Gasteiger partial charge on any atom is 0.0613 e. The average Bonchev–Trinajstić information content (AvgIpc) is 2.66. The number of hydrogen-bond donors (Lipinski definition) is 0. The smallest absolute Gasteiger partial charge is 0.0613 e. The van der Waals surface area contributed by atoms with Gasteiger partial charge in [-0.1, -0.05) is 129 Å². The van der Waals surface area contributed by atoms with Crippen LogP contribution in [0, 0.1) is 0 Å². The SMILES string of the molecule is CCCCCCCCCCCCOSCCCCCCCCCCCC. The van der Waals surface area contributed by atoms with Crippen molar-refractivity contribution in [3.8, 4) is 0 Å². The summed E-state index contributed by atoms with van der Waals surface area (Å²) in [7, 11) is 0. The highest BCUT2D eigenvalue weighted by atomic mass is 32.2. The Labute approximate surface area is 171 Å². The molecule has 0 bridgehead atoms. The van der Waals surface area contributed by atoms with Gasteiger partial charge in [-0.15, -0.1) is 0 Å². The molecule has 0 unspecified atom stereocenters. The molecular formula is C24H50OS. The normalized spacial score (nSPS) is 11.3. The van der Waals surface area contributed by atoms with Gasteiger partial charge in [0.15, 0.2) is 0 Å². The third kappa shape index (κ3) is 24.3. The Hall–Kier alpha value is 0.310. The molecule has 0 rings (SSSR count). The number of hydrogen-bond acceptors (Lipinski definition) is 2. The van der Waals surface area contributed by atoms with Crippen LogP contribution in [0.5, 0.6) is 0 Å². The van der Waals surface area contributed by atoms with Crippen LogP contribution in [-0.4, -0.2) is 12.4 Å². The Morgan fingerprint density at radius 3 is 1.19 bits per heavy atom. The summed E-state index contributed by atoms with van der Waals surface area (Å²) in [5.41, 5.74) is 0. The molecule has 0 saturated heterocycles. The highest BCUT2D eigenvalue weighted by Crippen LogP contribution is 2.14. The van der Waals surface area contributed by atoms with Crippen molar-refractivity contribution < 1.29 is 4.18 Å². The minimum Gasteiger partial charge on any atom is -0.315 e. The zero-order valence-electron chi connectivity index (χ0n) is 18.4. The second kappa shape index (κ2) is 25.3. The van der Waals surface area contributed by atoms with Gasteiger partial charge in [-0.2, -0.15) is 0 Å². The maximum absolute atomic E-state index is 5.70. The molecule has 26 heavy (non-hydrogen) atoms. The third-order valence-electron chi connectivity index (χ3n) is 5.25. The number of unbranched alkanes of at least 4 members (excludes halogenated alkanes) is 18. The van der Waals surface area contributed by atoms with Gasteiger partial charge in [-0.25, -0.2) is 0 Å². The first-order valence-corrected chi connectivity index (χ1v) is 13.1. The third-order valence-corrected chi connectivity index (χ3v) is 6.03. The topological polar surface area (TPSA) is 9.23 Å². The Balaban J connectivity index is 2.95. The molecule has 0 radical (unpaired) electrons. The van der Waals surface area contributed by atoms with E-state index in [0.717, 1.165) is 6.61 Å². The van der Waals surface area contributed by atoms with Crippen LogP contribution in [0.2, 0.25) is 0 Å². The van der Waals surface area contributed by atoms with E-state index in [9.17, 15) is 0 Å². The molecule has 0 aliphatic heterocycles. The summed E-state index contributed by atoms with van der Waals surface area (Å²) in [6.45, 7) is 5.54. The summed E-state index contributed by atoms with van der Waals surface area (Å²) in [4.78, 5) is 0. The molecule has 0 aromatic rings. The minimum atomic E-state index is 0.957. The van der Waals surface area contributed by atoms with Crippen molar-refractivity contribution in [2.24, 2.45) is 0 Å². The summed E-state index contributed by atoms with van der Waals surface area (Å²) < 4.78 is 5.70. The largest absolute Gasteiger partial charge is 0.315 e. The number of rotatable bonds is 23. The first kappa shape index (κ1) is 26.3.